The van der Waals surface area contributed by atoms with E-state index in [1.54, 1.807) is 0 Å². The Balaban J connectivity index is 1.70. The van der Waals surface area contributed by atoms with E-state index in [1.165, 1.54) is 16.4 Å². The number of benzene rings is 1. The second-order valence-electron chi connectivity index (χ2n) is 10.4. The molecule has 9 heteroatoms. The van der Waals surface area contributed by atoms with Gasteiger partial charge in [-0.15, -0.1) is 0 Å². The molecule has 1 fully saturated rings. The molecule has 3 rings (SSSR count). The van der Waals surface area contributed by atoms with Crippen molar-refractivity contribution in [1.29, 1.82) is 0 Å². The van der Waals surface area contributed by atoms with E-state index in [0.717, 1.165) is 17.8 Å². The third-order valence-corrected chi connectivity index (χ3v) is 7.55. The minimum Gasteiger partial charge on any atom is -0.311 e. The van der Waals surface area contributed by atoms with Crippen LogP contribution in [0.25, 0.3) is 0 Å². The lowest BCUT2D eigenvalue weighted by atomic mass is 9.92. The molecule has 7 nitrogen and oxygen atoms in total. The Kier molecular flexibility index (Phi) is 6.55. The maximum Gasteiger partial charge on any atom is 0.243 e. The summed E-state index contributed by atoms with van der Waals surface area (Å²) in [5.74, 6) is -0.261. The van der Waals surface area contributed by atoms with Crippen LogP contribution in [0.5, 0.6) is 0 Å². The minimum atomic E-state index is -3.71. The van der Waals surface area contributed by atoms with Gasteiger partial charge in [-0.3, -0.25) is 4.79 Å². The molecule has 1 aromatic heterocycles. The van der Waals surface area contributed by atoms with Crippen LogP contribution in [0.3, 0.4) is 0 Å². The molecule has 0 aliphatic carbocycles. The number of hydrogen-bond acceptors (Lipinski definition) is 4. The minimum absolute atomic E-state index is 0.0607. The fraction of sp³-hybridized carbons (Fsp3) is 0.565. The van der Waals surface area contributed by atoms with Crippen LogP contribution in [0.1, 0.15) is 60.1 Å². The van der Waals surface area contributed by atoms with Crippen molar-refractivity contribution < 1.29 is 17.6 Å². The predicted octanol–water partition coefficient (Wildman–Crippen LogP) is 4.11. The molecular weight excluding hydrogens is 431 g/mol. The third kappa shape index (κ3) is 5.20. The van der Waals surface area contributed by atoms with E-state index in [-0.39, 0.29) is 40.8 Å². The summed E-state index contributed by atoms with van der Waals surface area (Å²) in [4.78, 5) is 13.1. The van der Waals surface area contributed by atoms with Gasteiger partial charge >= 0.3 is 0 Å². The lowest BCUT2D eigenvalue weighted by molar-refractivity contribution is -0.121. The third-order valence-electron chi connectivity index (χ3n) is 5.64. The van der Waals surface area contributed by atoms with Gasteiger partial charge in [-0.25, -0.2) is 17.5 Å². The highest BCUT2D eigenvalue weighted by molar-refractivity contribution is 7.89. The Hall–Kier alpha value is -2.26. The molecule has 0 atom stereocenters. The normalized spacial score (nSPS) is 16.8. The summed E-state index contributed by atoms with van der Waals surface area (Å²) in [5, 5.41) is 7.75. The number of nitrogens with one attached hydrogen (secondary N) is 1. The van der Waals surface area contributed by atoms with Crippen molar-refractivity contribution in [2.75, 3.05) is 18.4 Å². The summed E-state index contributed by atoms with van der Waals surface area (Å²) in [7, 11) is -3.71. The fourth-order valence-corrected chi connectivity index (χ4v) is 5.16. The number of nitrogens with zero attached hydrogens (tertiary/aromatic N) is 3. The van der Waals surface area contributed by atoms with E-state index in [1.807, 2.05) is 31.5 Å². The number of anilines is 1. The van der Waals surface area contributed by atoms with Crippen molar-refractivity contribution in [3.63, 3.8) is 0 Å². The van der Waals surface area contributed by atoms with Gasteiger partial charge in [0.05, 0.1) is 16.1 Å². The SMILES string of the molecule is CC(C)(C)c1cc(NC(=O)C2CCN(S(=O)(=O)c3ccc(F)cc3)CC2)n(C(C)(C)C)n1. The van der Waals surface area contributed by atoms with Crippen molar-refractivity contribution in [3.8, 4) is 0 Å². The summed E-state index contributed by atoms with van der Waals surface area (Å²) in [6.07, 6.45) is 0.837. The average molecular weight is 465 g/mol. The second-order valence-corrected chi connectivity index (χ2v) is 12.3. The topological polar surface area (TPSA) is 84.3 Å². The van der Waals surface area contributed by atoms with Crippen molar-refractivity contribution >= 4 is 21.7 Å². The number of hydrogen-bond donors (Lipinski definition) is 1. The first-order chi connectivity index (χ1) is 14.7. The summed E-state index contributed by atoms with van der Waals surface area (Å²) in [6.45, 7) is 12.8. The van der Waals surface area contributed by atoms with Gasteiger partial charge in [-0.1, -0.05) is 20.8 Å². The summed E-state index contributed by atoms with van der Waals surface area (Å²) >= 11 is 0. The molecule has 32 heavy (non-hydrogen) atoms. The number of piperidine rings is 1. The Bertz CT molecular complexity index is 1070. The van der Waals surface area contributed by atoms with E-state index in [4.69, 9.17) is 5.10 Å². The smallest absolute Gasteiger partial charge is 0.243 e. The first-order valence-corrected chi connectivity index (χ1v) is 12.3. The number of carbonyl (C=O) groups excluding carboxylic acids is 1. The van der Waals surface area contributed by atoms with Gasteiger partial charge in [-0.2, -0.15) is 9.40 Å². The van der Waals surface area contributed by atoms with Gasteiger partial charge in [0.1, 0.15) is 11.6 Å². The van der Waals surface area contributed by atoms with Gasteiger partial charge < -0.3 is 5.32 Å². The van der Waals surface area contributed by atoms with Crippen molar-refractivity contribution in [2.24, 2.45) is 5.92 Å². The van der Waals surface area contributed by atoms with Crippen molar-refractivity contribution in [3.05, 3.63) is 41.8 Å². The number of aromatic nitrogens is 2. The van der Waals surface area contributed by atoms with Gasteiger partial charge in [0.25, 0.3) is 0 Å². The Morgan fingerprint density at radius 1 is 1.06 bits per heavy atom. The van der Waals surface area contributed by atoms with Crippen LogP contribution < -0.4 is 5.32 Å². The fourth-order valence-electron chi connectivity index (χ4n) is 3.69. The molecule has 0 spiro atoms. The maximum atomic E-state index is 13.1. The van der Waals surface area contributed by atoms with E-state index >= 15 is 0 Å². The summed E-state index contributed by atoms with van der Waals surface area (Å²) < 4.78 is 42.0. The Morgan fingerprint density at radius 2 is 1.62 bits per heavy atom. The Morgan fingerprint density at radius 3 is 2.12 bits per heavy atom. The molecule has 1 saturated heterocycles. The summed E-state index contributed by atoms with van der Waals surface area (Å²) in [6, 6.07) is 6.72. The lowest BCUT2D eigenvalue weighted by Crippen LogP contribution is -2.41. The zero-order valence-electron chi connectivity index (χ0n) is 19.6. The van der Waals surface area contributed by atoms with E-state index in [9.17, 15) is 17.6 Å². The standard InChI is InChI=1S/C23H33FN4O3S/c1-22(2,3)19-15-20(28(26-19)23(4,5)6)25-21(29)16-11-13-27(14-12-16)32(30,31)18-9-7-17(24)8-10-18/h7-10,15-16H,11-14H2,1-6H3,(H,25,29). The summed E-state index contributed by atoms with van der Waals surface area (Å²) in [5.41, 5.74) is 0.428. The zero-order valence-corrected chi connectivity index (χ0v) is 20.5. The van der Waals surface area contributed by atoms with Crippen molar-refractivity contribution in [2.45, 2.75) is 70.2 Å². The van der Waals surface area contributed by atoms with Crippen LogP contribution in [0, 0.1) is 11.7 Å². The molecule has 1 N–H and O–H groups in total. The lowest BCUT2D eigenvalue weighted by Gasteiger charge is -2.31. The highest BCUT2D eigenvalue weighted by Crippen LogP contribution is 2.30. The average Bonchev–Trinajstić information content (AvgIpc) is 3.13. The first-order valence-electron chi connectivity index (χ1n) is 10.9. The molecule has 176 valence electrons. The quantitative estimate of drug-likeness (QED) is 0.738. The van der Waals surface area contributed by atoms with E-state index in [0.29, 0.717) is 18.7 Å². The second kappa shape index (κ2) is 8.59. The molecule has 0 saturated carbocycles. The molecule has 1 aromatic carbocycles. The maximum absolute atomic E-state index is 13.1. The Labute approximate surface area is 190 Å². The largest absolute Gasteiger partial charge is 0.311 e. The van der Waals surface area contributed by atoms with Gasteiger partial charge in [-0.05, 0) is 57.9 Å². The number of carbonyl (C=O) groups is 1. The number of amides is 1. The molecule has 2 aromatic rings. The molecule has 2 heterocycles. The van der Waals surface area contributed by atoms with Crippen LogP contribution in [0.2, 0.25) is 0 Å². The van der Waals surface area contributed by atoms with Crippen LogP contribution in [0.4, 0.5) is 10.2 Å². The van der Waals surface area contributed by atoms with Crippen LogP contribution in [-0.2, 0) is 25.8 Å². The molecule has 0 radical (unpaired) electrons. The van der Waals surface area contributed by atoms with Crippen LogP contribution in [0.15, 0.2) is 35.2 Å². The van der Waals surface area contributed by atoms with Gasteiger partial charge in [0, 0.05) is 30.5 Å². The molecule has 1 aliphatic rings. The molecule has 0 unspecified atom stereocenters. The highest BCUT2D eigenvalue weighted by atomic mass is 32.2. The van der Waals surface area contributed by atoms with Crippen molar-refractivity contribution in [1.82, 2.24) is 14.1 Å². The molecular formula is C23H33FN4O3S. The van der Waals surface area contributed by atoms with E-state index in [2.05, 4.69) is 26.1 Å². The zero-order chi connectivity index (χ0) is 23.9. The van der Waals surface area contributed by atoms with Crippen LogP contribution in [-0.4, -0.2) is 41.5 Å². The highest BCUT2D eigenvalue weighted by Gasteiger charge is 2.33. The van der Waals surface area contributed by atoms with Crippen LogP contribution >= 0.6 is 0 Å². The molecule has 1 aliphatic heterocycles. The first kappa shape index (κ1) is 24.4. The number of rotatable bonds is 4. The number of halogens is 1. The predicted molar refractivity (Wildman–Crippen MR) is 122 cm³/mol. The van der Waals surface area contributed by atoms with E-state index < -0.39 is 15.8 Å². The monoisotopic (exact) mass is 464 g/mol. The molecule has 1 amide bonds. The number of sulfonamides is 1. The van der Waals surface area contributed by atoms with Gasteiger partial charge in [0.15, 0.2) is 0 Å². The van der Waals surface area contributed by atoms with Gasteiger partial charge in [0.2, 0.25) is 15.9 Å². The molecule has 0 bridgehead atoms.